The topological polar surface area (TPSA) is 144 Å². The molecule has 2 N–H and O–H groups in total. The molecule has 2 rings (SSSR count). The lowest BCUT2D eigenvalue weighted by molar-refractivity contribution is -0.384. The van der Waals surface area contributed by atoms with Crippen LogP contribution < -0.4 is 10.6 Å². The number of nitrogens with one attached hydrogen (secondary N) is 2. The van der Waals surface area contributed by atoms with E-state index in [0.29, 0.717) is 0 Å². The molecule has 0 saturated carbocycles. The maximum absolute atomic E-state index is 12.4. The summed E-state index contributed by atoms with van der Waals surface area (Å²) in [5.41, 5.74) is -1.81. The van der Waals surface area contributed by atoms with Gasteiger partial charge in [-0.25, -0.2) is 0 Å². The van der Waals surface area contributed by atoms with Crippen LogP contribution in [0.3, 0.4) is 0 Å². The van der Waals surface area contributed by atoms with Crippen LogP contribution in [0.2, 0.25) is 0 Å². The van der Waals surface area contributed by atoms with E-state index in [1.807, 2.05) is 0 Å². The van der Waals surface area contributed by atoms with Crippen molar-refractivity contribution in [2.45, 2.75) is 19.3 Å². The Balaban J connectivity index is 2.33. The molecule has 164 valence electrons. The van der Waals surface area contributed by atoms with Crippen LogP contribution in [0.15, 0.2) is 36.4 Å². The van der Waals surface area contributed by atoms with Crippen molar-refractivity contribution in [2.75, 3.05) is 10.6 Å². The fourth-order valence-electron chi connectivity index (χ4n) is 2.50. The second-order valence-corrected chi connectivity index (χ2v) is 5.97. The van der Waals surface area contributed by atoms with Crippen molar-refractivity contribution in [1.82, 2.24) is 0 Å². The Kier molecular flexibility index (Phi) is 7.18. The number of halogens is 4. The number of hydrogen-bond donors (Lipinski definition) is 2. The van der Waals surface area contributed by atoms with Crippen LogP contribution >= 0.6 is 0 Å². The smallest absolute Gasteiger partial charge is 0.315 e. The highest BCUT2D eigenvalue weighted by molar-refractivity contribution is 5.95. The standard InChI is InChI=1S/C17H12F4N4O6/c18-14(19)16(26)22-10-3-1-8(6-12(10)24(28)29)5-9-2-4-11(13(7-9)25(30)31)23-17(27)15(20)21/h1-4,6-7,14-15H,5H2,(H,22,26)(H,23,27). The van der Waals surface area contributed by atoms with Crippen molar-refractivity contribution in [1.29, 1.82) is 0 Å². The molecule has 0 unspecified atom stereocenters. The maximum Gasteiger partial charge on any atom is 0.315 e. The number of nitro groups is 2. The van der Waals surface area contributed by atoms with Gasteiger partial charge in [0.1, 0.15) is 11.4 Å². The molecule has 2 amide bonds. The molecule has 2 aromatic rings. The van der Waals surface area contributed by atoms with Gasteiger partial charge >= 0.3 is 12.9 Å². The molecule has 0 heterocycles. The molecule has 0 radical (unpaired) electrons. The molecule has 0 atom stereocenters. The number of carbonyl (C=O) groups is 2. The van der Waals surface area contributed by atoms with E-state index in [0.717, 1.165) is 24.3 Å². The van der Waals surface area contributed by atoms with Crippen LogP contribution in [0.25, 0.3) is 0 Å². The summed E-state index contributed by atoms with van der Waals surface area (Å²) in [6.07, 6.45) is -6.87. The minimum atomic E-state index is -3.39. The van der Waals surface area contributed by atoms with E-state index in [1.165, 1.54) is 12.1 Å². The van der Waals surface area contributed by atoms with E-state index in [9.17, 15) is 47.4 Å². The second-order valence-electron chi connectivity index (χ2n) is 5.97. The number of hydrogen-bond acceptors (Lipinski definition) is 6. The molecule has 0 spiro atoms. The highest BCUT2D eigenvalue weighted by Gasteiger charge is 2.23. The quantitative estimate of drug-likeness (QED) is 0.362. The summed E-state index contributed by atoms with van der Waals surface area (Å²) in [4.78, 5) is 42.8. The summed E-state index contributed by atoms with van der Waals surface area (Å²) >= 11 is 0. The van der Waals surface area contributed by atoms with Gasteiger partial charge in [-0.05, 0) is 29.7 Å². The van der Waals surface area contributed by atoms with Crippen molar-refractivity contribution >= 4 is 34.6 Å². The Morgan fingerprint density at radius 3 is 1.42 bits per heavy atom. The Bertz CT molecular complexity index is 966. The third kappa shape index (κ3) is 5.94. The summed E-state index contributed by atoms with van der Waals surface area (Å²) < 4.78 is 49.5. The summed E-state index contributed by atoms with van der Waals surface area (Å²) in [5.74, 6) is -3.46. The molecule has 0 aliphatic heterocycles. The Morgan fingerprint density at radius 2 is 1.13 bits per heavy atom. The predicted octanol–water partition coefficient (Wildman–Crippen LogP) is 3.50. The highest BCUT2D eigenvalue weighted by Crippen LogP contribution is 2.30. The van der Waals surface area contributed by atoms with E-state index < -0.39 is 57.3 Å². The summed E-state index contributed by atoms with van der Waals surface area (Å²) in [7, 11) is 0. The molecule has 10 nitrogen and oxygen atoms in total. The van der Waals surface area contributed by atoms with Gasteiger partial charge in [0.15, 0.2) is 0 Å². The van der Waals surface area contributed by atoms with Crippen molar-refractivity contribution in [3.8, 4) is 0 Å². The number of rotatable bonds is 8. The number of amides is 2. The van der Waals surface area contributed by atoms with Gasteiger partial charge in [-0.15, -0.1) is 0 Å². The summed E-state index contributed by atoms with van der Waals surface area (Å²) in [5, 5.41) is 25.8. The van der Waals surface area contributed by atoms with Gasteiger partial charge in [0.05, 0.1) is 9.85 Å². The number of alkyl halides is 4. The Morgan fingerprint density at radius 1 is 0.774 bits per heavy atom. The first-order valence-corrected chi connectivity index (χ1v) is 8.22. The average Bonchev–Trinajstić information content (AvgIpc) is 2.69. The van der Waals surface area contributed by atoms with E-state index >= 15 is 0 Å². The molecule has 0 aromatic heterocycles. The van der Waals surface area contributed by atoms with Crippen LogP contribution in [0.4, 0.5) is 40.3 Å². The molecular weight excluding hydrogens is 432 g/mol. The van der Waals surface area contributed by atoms with E-state index in [4.69, 9.17) is 0 Å². The summed E-state index contributed by atoms with van der Waals surface area (Å²) in [6.45, 7) is 0. The molecule has 14 heteroatoms. The fourth-order valence-corrected chi connectivity index (χ4v) is 2.50. The van der Waals surface area contributed by atoms with Crippen molar-refractivity contribution < 1.29 is 37.0 Å². The predicted molar refractivity (Wildman–Crippen MR) is 98.3 cm³/mol. The molecule has 0 fully saturated rings. The SMILES string of the molecule is O=C(Nc1ccc(Cc2ccc(NC(=O)C(F)F)c([N+](=O)[O-])c2)cc1[N+](=O)[O-])C(F)F. The first kappa shape index (κ1) is 23.2. The largest absolute Gasteiger partial charge is 0.315 e. The van der Waals surface area contributed by atoms with Gasteiger partial charge in [0.2, 0.25) is 0 Å². The zero-order chi connectivity index (χ0) is 23.3. The van der Waals surface area contributed by atoms with Gasteiger partial charge in [0.25, 0.3) is 23.2 Å². The second kappa shape index (κ2) is 9.60. The first-order chi connectivity index (χ1) is 14.5. The van der Waals surface area contributed by atoms with Crippen LogP contribution in [0.5, 0.6) is 0 Å². The lowest BCUT2D eigenvalue weighted by Gasteiger charge is -2.09. The van der Waals surface area contributed by atoms with Gasteiger partial charge < -0.3 is 10.6 Å². The van der Waals surface area contributed by atoms with E-state index in [1.54, 1.807) is 10.6 Å². The molecule has 0 bridgehead atoms. The van der Waals surface area contributed by atoms with Gasteiger partial charge in [-0.2, -0.15) is 17.6 Å². The lowest BCUT2D eigenvalue weighted by atomic mass is 10.0. The molecule has 0 saturated heterocycles. The normalized spacial score (nSPS) is 10.8. The van der Waals surface area contributed by atoms with E-state index in [2.05, 4.69) is 0 Å². The van der Waals surface area contributed by atoms with Crippen molar-refractivity contribution in [3.63, 3.8) is 0 Å². The van der Waals surface area contributed by atoms with Gasteiger partial charge in [-0.3, -0.25) is 29.8 Å². The molecule has 2 aromatic carbocycles. The molecule has 31 heavy (non-hydrogen) atoms. The van der Waals surface area contributed by atoms with Crippen LogP contribution in [-0.2, 0) is 16.0 Å². The van der Waals surface area contributed by atoms with Gasteiger partial charge in [-0.1, -0.05) is 12.1 Å². The van der Waals surface area contributed by atoms with Crippen molar-refractivity contribution in [2.24, 2.45) is 0 Å². The van der Waals surface area contributed by atoms with Crippen LogP contribution in [-0.4, -0.2) is 34.5 Å². The Labute approximate surface area is 170 Å². The monoisotopic (exact) mass is 444 g/mol. The highest BCUT2D eigenvalue weighted by atomic mass is 19.3. The first-order valence-electron chi connectivity index (χ1n) is 8.22. The number of anilines is 2. The number of nitrogens with zero attached hydrogens (tertiary/aromatic N) is 2. The van der Waals surface area contributed by atoms with Crippen LogP contribution in [0, 0.1) is 20.2 Å². The average molecular weight is 444 g/mol. The summed E-state index contributed by atoms with van der Waals surface area (Å²) in [6, 6.07) is 6.57. The van der Waals surface area contributed by atoms with Crippen molar-refractivity contribution in [3.05, 3.63) is 67.8 Å². The fraction of sp³-hybridized carbons (Fsp3) is 0.176. The third-order valence-corrected chi connectivity index (χ3v) is 3.84. The number of nitro benzene ring substituents is 2. The zero-order valence-corrected chi connectivity index (χ0v) is 15.2. The molecular formula is C17H12F4N4O6. The molecule has 0 aliphatic rings. The minimum absolute atomic E-state index is 0.103. The zero-order valence-electron chi connectivity index (χ0n) is 15.2. The van der Waals surface area contributed by atoms with Crippen LogP contribution in [0.1, 0.15) is 11.1 Å². The van der Waals surface area contributed by atoms with E-state index in [-0.39, 0.29) is 17.5 Å². The number of benzene rings is 2. The third-order valence-electron chi connectivity index (χ3n) is 3.84. The maximum atomic E-state index is 12.4. The van der Waals surface area contributed by atoms with Gasteiger partial charge in [0, 0.05) is 12.1 Å². The molecule has 0 aliphatic carbocycles. The minimum Gasteiger partial charge on any atom is -0.315 e. The Hall–Kier alpha value is -4.10. The number of carbonyl (C=O) groups excluding carboxylic acids is 2. The lowest BCUT2D eigenvalue weighted by Crippen LogP contribution is -2.20.